The zero-order valence-electron chi connectivity index (χ0n) is 18.7. The van der Waals surface area contributed by atoms with Gasteiger partial charge in [0, 0.05) is 11.6 Å². The molecule has 3 aromatic carbocycles. The number of fused-ring (bicyclic) bond motifs is 1. The molecule has 0 atom stereocenters. The molecule has 4 rings (SSSR count). The highest BCUT2D eigenvalue weighted by atomic mass is 19.1. The van der Waals surface area contributed by atoms with Gasteiger partial charge in [0.25, 0.3) is 0 Å². The van der Waals surface area contributed by atoms with E-state index in [1.165, 1.54) is 18.1 Å². The van der Waals surface area contributed by atoms with Crippen molar-refractivity contribution in [1.29, 1.82) is 0 Å². The first kappa shape index (κ1) is 22.2. The lowest BCUT2D eigenvalue weighted by Gasteiger charge is -2.28. The van der Waals surface area contributed by atoms with Gasteiger partial charge in [0.1, 0.15) is 18.2 Å². The number of ether oxygens (including phenoxy) is 1. The van der Waals surface area contributed by atoms with E-state index in [-0.39, 0.29) is 24.2 Å². The highest BCUT2D eigenvalue weighted by Gasteiger charge is 2.24. The summed E-state index contributed by atoms with van der Waals surface area (Å²) in [6, 6.07) is 20.4. The van der Waals surface area contributed by atoms with Gasteiger partial charge in [-0.3, -0.25) is 4.79 Å². The number of nitrogens with zero attached hydrogens (tertiary/aromatic N) is 3. The van der Waals surface area contributed by atoms with E-state index in [1.54, 1.807) is 42.5 Å². The van der Waals surface area contributed by atoms with Gasteiger partial charge in [-0.1, -0.05) is 36.4 Å². The Balaban J connectivity index is 1.76. The second-order valence-corrected chi connectivity index (χ2v) is 7.89. The SMILES string of the molecule is COC(=O)c1ccc(-c2nc3ccccc3n2CC(=O)N(c2ccccc2F)C(C)C)cc1. The summed E-state index contributed by atoms with van der Waals surface area (Å²) in [6.45, 7) is 3.67. The highest BCUT2D eigenvalue weighted by Crippen LogP contribution is 2.27. The van der Waals surface area contributed by atoms with Crippen LogP contribution in [0, 0.1) is 5.82 Å². The summed E-state index contributed by atoms with van der Waals surface area (Å²) in [5, 5.41) is 0. The van der Waals surface area contributed by atoms with E-state index >= 15 is 0 Å². The third-order valence-electron chi connectivity index (χ3n) is 5.41. The Morgan fingerprint density at radius 1 is 1.00 bits per heavy atom. The van der Waals surface area contributed by atoms with Crippen molar-refractivity contribution in [1.82, 2.24) is 9.55 Å². The maximum Gasteiger partial charge on any atom is 0.337 e. The van der Waals surface area contributed by atoms with Crippen molar-refractivity contribution in [3.8, 4) is 11.4 Å². The summed E-state index contributed by atoms with van der Waals surface area (Å²) in [5.74, 6) is -0.555. The predicted molar refractivity (Wildman–Crippen MR) is 126 cm³/mol. The quantitative estimate of drug-likeness (QED) is 0.389. The maximum atomic E-state index is 14.5. The lowest BCUT2D eigenvalue weighted by molar-refractivity contribution is -0.119. The van der Waals surface area contributed by atoms with E-state index in [1.807, 2.05) is 42.7 Å². The molecule has 1 amide bonds. The van der Waals surface area contributed by atoms with Crippen LogP contribution < -0.4 is 4.90 Å². The number of esters is 1. The summed E-state index contributed by atoms with van der Waals surface area (Å²) in [4.78, 5) is 31.4. The van der Waals surface area contributed by atoms with Crippen LogP contribution in [0.2, 0.25) is 0 Å². The topological polar surface area (TPSA) is 64.4 Å². The number of para-hydroxylation sites is 3. The van der Waals surface area contributed by atoms with Gasteiger partial charge in [0.2, 0.25) is 5.91 Å². The van der Waals surface area contributed by atoms with Gasteiger partial charge in [0.05, 0.1) is 29.4 Å². The summed E-state index contributed by atoms with van der Waals surface area (Å²) >= 11 is 0. The van der Waals surface area contributed by atoms with Gasteiger partial charge in [-0.2, -0.15) is 0 Å². The molecular formula is C26H24FN3O3. The van der Waals surface area contributed by atoms with Crippen LogP contribution in [0.3, 0.4) is 0 Å². The first-order valence-corrected chi connectivity index (χ1v) is 10.6. The first-order valence-electron chi connectivity index (χ1n) is 10.6. The molecule has 0 radical (unpaired) electrons. The fraction of sp³-hybridized carbons (Fsp3) is 0.192. The smallest absolute Gasteiger partial charge is 0.337 e. The van der Waals surface area contributed by atoms with Crippen LogP contribution in [-0.4, -0.2) is 34.6 Å². The maximum absolute atomic E-state index is 14.5. The number of carbonyl (C=O) groups is 2. The molecule has 168 valence electrons. The molecule has 4 aromatic rings. The molecule has 0 saturated carbocycles. The Bertz CT molecular complexity index is 1310. The van der Waals surface area contributed by atoms with Crippen molar-refractivity contribution in [3.05, 3.63) is 84.2 Å². The van der Waals surface area contributed by atoms with Gasteiger partial charge in [-0.15, -0.1) is 0 Å². The number of hydrogen-bond acceptors (Lipinski definition) is 4. The van der Waals surface area contributed by atoms with E-state index in [0.29, 0.717) is 11.4 Å². The van der Waals surface area contributed by atoms with Crippen LogP contribution >= 0.6 is 0 Å². The standard InChI is InChI=1S/C26H24FN3O3/c1-17(2)30(22-10-6-4-8-20(22)27)24(31)16-29-23-11-7-5-9-21(23)28-25(29)18-12-14-19(15-13-18)26(32)33-3/h4-15,17H,16H2,1-3H3. The zero-order valence-corrected chi connectivity index (χ0v) is 18.7. The molecule has 0 aliphatic carbocycles. The lowest BCUT2D eigenvalue weighted by Crippen LogP contribution is -2.39. The highest BCUT2D eigenvalue weighted by molar-refractivity contribution is 5.95. The normalized spacial score (nSPS) is 11.1. The number of benzene rings is 3. The average Bonchev–Trinajstić information content (AvgIpc) is 3.18. The second-order valence-electron chi connectivity index (χ2n) is 7.89. The molecule has 0 saturated heterocycles. The molecule has 0 N–H and O–H groups in total. The van der Waals surface area contributed by atoms with Crippen molar-refractivity contribution < 1.29 is 18.7 Å². The summed E-state index contributed by atoms with van der Waals surface area (Å²) in [5.41, 5.74) is 2.93. The minimum atomic E-state index is -0.450. The van der Waals surface area contributed by atoms with Gasteiger partial charge in [-0.25, -0.2) is 14.2 Å². The predicted octanol–water partition coefficient (Wildman–Crippen LogP) is 5.07. The number of methoxy groups -OCH3 is 1. The Labute approximate surface area is 191 Å². The molecule has 33 heavy (non-hydrogen) atoms. The molecule has 0 bridgehead atoms. The molecule has 0 aliphatic heterocycles. The average molecular weight is 445 g/mol. The van der Waals surface area contributed by atoms with Gasteiger partial charge in [-0.05, 0) is 50.2 Å². The fourth-order valence-electron chi connectivity index (χ4n) is 3.89. The molecule has 0 unspecified atom stereocenters. The molecule has 0 aliphatic rings. The van der Waals surface area contributed by atoms with E-state index < -0.39 is 11.8 Å². The molecule has 1 aromatic heterocycles. The minimum Gasteiger partial charge on any atom is -0.465 e. The summed E-state index contributed by atoms with van der Waals surface area (Å²) in [7, 11) is 1.33. The number of hydrogen-bond donors (Lipinski definition) is 0. The molecule has 0 fully saturated rings. The second kappa shape index (κ2) is 9.24. The minimum absolute atomic E-state index is 0.0267. The monoisotopic (exact) mass is 445 g/mol. The van der Waals surface area contributed by atoms with Crippen LogP contribution in [0.5, 0.6) is 0 Å². The number of anilines is 1. The Morgan fingerprint density at radius 3 is 2.33 bits per heavy atom. The third-order valence-corrected chi connectivity index (χ3v) is 5.41. The van der Waals surface area contributed by atoms with Gasteiger partial charge < -0.3 is 14.2 Å². The van der Waals surface area contributed by atoms with Crippen LogP contribution in [0.15, 0.2) is 72.8 Å². The van der Waals surface area contributed by atoms with Gasteiger partial charge in [0.15, 0.2) is 0 Å². The van der Waals surface area contributed by atoms with Crippen LogP contribution in [0.1, 0.15) is 24.2 Å². The zero-order chi connectivity index (χ0) is 23.5. The van der Waals surface area contributed by atoms with Crippen molar-refractivity contribution in [2.75, 3.05) is 12.0 Å². The van der Waals surface area contributed by atoms with Crippen molar-refractivity contribution in [3.63, 3.8) is 0 Å². The van der Waals surface area contributed by atoms with Crippen LogP contribution in [0.4, 0.5) is 10.1 Å². The van der Waals surface area contributed by atoms with Crippen molar-refractivity contribution >= 4 is 28.6 Å². The molecule has 6 nitrogen and oxygen atoms in total. The van der Waals surface area contributed by atoms with E-state index in [9.17, 15) is 14.0 Å². The Hall–Kier alpha value is -4.00. The fourth-order valence-corrected chi connectivity index (χ4v) is 3.89. The van der Waals surface area contributed by atoms with Gasteiger partial charge >= 0.3 is 5.97 Å². The van der Waals surface area contributed by atoms with E-state index in [0.717, 1.165) is 16.6 Å². The first-order chi connectivity index (χ1) is 15.9. The molecular weight excluding hydrogens is 421 g/mol. The number of amides is 1. The van der Waals surface area contributed by atoms with Crippen LogP contribution in [0.25, 0.3) is 22.4 Å². The number of imidazole rings is 1. The number of rotatable bonds is 6. The number of halogens is 1. The Morgan fingerprint density at radius 2 is 1.67 bits per heavy atom. The third kappa shape index (κ3) is 4.35. The van der Waals surface area contributed by atoms with E-state index in [4.69, 9.17) is 9.72 Å². The summed E-state index contributed by atoms with van der Waals surface area (Å²) in [6.07, 6.45) is 0. The van der Waals surface area contributed by atoms with Crippen LogP contribution in [-0.2, 0) is 16.1 Å². The van der Waals surface area contributed by atoms with Crippen molar-refractivity contribution in [2.45, 2.75) is 26.4 Å². The Kier molecular flexibility index (Phi) is 6.22. The molecule has 0 spiro atoms. The lowest BCUT2D eigenvalue weighted by atomic mass is 10.1. The van der Waals surface area contributed by atoms with Crippen molar-refractivity contribution in [2.24, 2.45) is 0 Å². The molecule has 7 heteroatoms. The number of aromatic nitrogens is 2. The summed E-state index contributed by atoms with van der Waals surface area (Å²) < 4.78 is 21.1. The number of carbonyl (C=O) groups excluding carboxylic acids is 2. The largest absolute Gasteiger partial charge is 0.465 e. The van der Waals surface area contributed by atoms with E-state index in [2.05, 4.69) is 0 Å². The molecule has 1 heterocycles.